The van der Waals surface area contributed by atoms with E-state index in [1.807, 2.05) is 0 Å². The van der Waals surface area contributed by atoms with Gasteiger partial charge in [-0.1, -0.05) is 0 Å². The van der Waals surface area contributed by atoms with E-state index in [1.54, 1.807) is 13.8 Å². The van der Waals surface area contributed by atoms with E-state index < -0.39 is 23.4 Å². The molecule has 0 saturated heterocycles. The lowest BCUT2D eigenvalue weighted by molar-refractivity contribution is -0.168. The minimum Gasteiger partial charge on any atom is -0.506 e. The van der Waals surface area contributed by atoms with Crippen LogP contribution in [0.2, 0.25) is 0 Å². The number of amides is 1. The van der Waals surface area contributed by atoms with Crippen molar-refractivity contribution in [2.24, 2.45) is 0 Å². The summed E-state index contributed by atoms with van der Waals surface area (Å²) in [5, 5.41) is 11.6. The quantitative estimate of drug-likeness (QED) is 0.548. The molecule has 0 fully saturated rings. The van der Waals surface area contributed by atoms with E-state index in [0.717, 1.165) is 0 Å². The SMILES string of the molecule is CCOC(=O)C(Cc1ccc(O)cn1)(NC(C)=O)C(=O)OCC. The molecule has 1 amide bonds. The van der Waals surface area contributed by atoms with Gasteiger partial charge in [-0.15, -0.1) is 0 Å². The fourth-order valence-electron chi connectivity index (χ4n) is 1.98. The molecule has 0 radical (unpaired) electrons. The molecule has 23 heavy (non-hydrogen) atoms. The molecule has 0 unspecified atom stereocenters. The number of nitrogens with one attached hydrogen (secondary N) is 1. The van der Waals surface area contributed by atoms with Gasteiger partial charge in [0.25, 0.3) is 0 Å². The maximum Gasteiger partial charge on any atom is 0.344 e. The van der Waals surface area contributed by atoms with Crippen molar-refractivity contribution < 1.29 is 29.0 Å². The van der Waals surface area contributed by atoms with Crippen molar-refractivity contribution in [1.82, 2.24) is 10.3 Å². The number of pyridine rings is 1. The van der Waals surface area contributed by atoms with Crippen LogP contribution in [0.1, 0.15) is 26.5 Å². The molecule has 0 aliphatic rings. The number of rotatable bonds is 7. The van der Waals surface area contributed by atoms with Gasteiger partial charge in [-0.25, -0.2) is 9.59 Å². The van der Waals surface area contributed by atoms with E-state index in [9.17, 15) is 19.5 Å². The van der Waals surface area contributed by atoms with Gasteiger partial charge >= 0.3 is 11.9 Å². The highest BCUT2D eigenvalue weighted by Crippen LogP contribution is 2.19. The highest BCUT2D eigenvalue weighted by molar-refractivity contribution is 6.08. The van der Waals surface area contributed by atoms with Crippen molar-refractivity contribution >= 4 is 17.8 Å². The molecule has 8 nitrogen and oxygen atoms in total. The maximum absolute atomic E-state index is 12.4. The van der Waals surface area contributed by atoms with Gasteiger partial charge in [0.05, 0.1) is 19.4 Å². The van der Waals surface area contributed by atoms with Crippen molar-refractivity contribution in [3.8, 4) is 5.75 Å². The summed E-state index contributed by atoms with van der Waals surface area (Å²) in [5.74, 6) is -2.51. The van der Waals surface area contributed by atoms with Crippen molar-refractivity contribution in [2.45, 2.75) is 32.7 Å². The molecule has 1 rings (SSSR count). The Morgan fingerprint density at radius 3 is 2.13 bits per heavy atom. The molecule has 0 aromatic carbocycles. The monoisotopic (exact) mass is 324 g/mol. The first-order valence-electron chi connectivity index (χ1n) is 7.12. The van der Waals surface area contributed by atoms with Gasteiger partial charge < -0.3 is 19.9 Å². The number of carbonyl (C=O) groups is 3. The maximum atomic E-state index is 12.4. The van der Waals surface area contributed by atoms with E-state index in [4.69, 9.17) is 9.47 Å². The molecule has 0 spiro atoms. The fourth-order valence-corrected chi connectivity index (χ4v) is 1.98. The van der Waals surface area contributed by atoms with E-state index >= 15 is 0 Å². The van der Waals surface area contributed by atoms with Gasteiger partial charge in [0.2, 0.25) is 11.4 Å². The van der Waals surface area contributed by atoms with Crippen LogP contribution in [0, 0.1) is 0 Å². The lowest BCUT2D eigenvalue weighted by Gasteiger charge is -2.29. The summed E-state index contributed by atoms with van der Waals surface area (Å²) in [6.45, 7) is 4.41. The highest BCUT2D eigenvalue weighted by atomic mass is 16.6. The van der Waals surface area contributed by atoms with E-state index in [-0.39, 0.29) is 25.4 Å². The van der Waals surface area contributed by atoms with Gasteiger partial charge in [-0.05, 0) is 26.0 Å². The standard InChI is InChI=1S/C15H20N2O6/c1-4-22-13(20)15(17-10(3)18,14(21)23-5-2)8-11-6-7-12(19)9-16-11/h6-7,9,19H,4-5,8H2,1-3H3,(H,17,18). The number of aromatic hydroxyl groups is 1. The second kappa shape index (κ2) is 8.11. The summed E-state index contributed by atoms with van der Waals surface area (Å²) < 4.78 is 9.88. The Kier molecular flexibility index (Phi) is 6.49. The molecule has 0 aliphatic heterocycles. The van der Waals surface area contributed by atoms with Crippen molar-refractivity contribution in [1.29, 1.82) is 0 Å². The lowest BCUT2D eigenvalue weighted by atomic mass is 9.92. The minimum absolute atomic E-state index is 0.0303. The van der Waals surface area contributed by atoms with Crippen LogP contribution in [0.4, 0.5) is 0 Å². The highest BCUT2D eigenvalue weighted by Gasteiger charge is 2.50. The van der Waals surface area contributed by atoms with Crippen LogP contribution >= 0.6 is 0 Å². The Hall–Kier alpha value is -2.64. The summed E-state index contributed by atoms with van der Waals surface area (Å²) in [6.07, 6.45) is 0.911. The fraction of sp³-hybridized carbons (Fsp3) is 0.467. The predicted molar refractivity (Wildman–Crippen MR) is 79.4 cm³/mol. The molecule has 1 aromatic heterocycles. The lowest BCUT2D eigenvalue weighted by Crippen LogP contribution is -2.62. The van der Waals surface area contributed by atoms with Crippen LogP contribution < -0.4 is 5.32 Å². The summed E-state index contributed by atoms with van der Waals surface area (Å²) in [5.41, 5.74) is -1.72. The minimum atomic E-state index is -2.03. The Morgan fingerprint density at radius 2 is 1.74 bits per heavy atom. The predicted octanol–water partition coefficient (Wildman–Crippen LogP) is 0.331. The zero-order chi connectivity index (χ0) is 17.5. The molecule has 0 bridgehead atoms. The van der Waals surface area contributed by atoms with Gasteiger partial charge in [0.1, 0.15) is 5.75 Å². The third kappa shape index (κ3) is 4.67. The second-order valence-corrected chi connectivity index (χ2v) is 4.71. The molecule has 1 aromatic rings. The zero-order valence-corrected chi connectivity index (χ0v) is 13.3. The molecule has 1 heterocycles. The largest absolute Gasteiger partial charge is 0.506 e. The first-order chi connectivity index (χ1) is 10.9. The third-order valence-corrected chi connectivity index (χ3v) is 2.89. The number of ether oxygens (including phenoxy) is 2. The molecular weight excluding hydrogens is 304 g/mol. The van der Waals surface area contributed by atoms with Crippen LogP contribution in [0.15, 0.2) is 18.3 Å². The van der Waals surface area contributed by atoms with Gasteiger partial charge in [0, 0.05) is 19.0 Å². The van der Waals surface area contributed by atoms with Crippen LogP contribution in [0.25, 0.3) is 0 Å². The van der Waals surface area contributed by atoms with Crippen LogP contribution in [0.5, 0.6) is 5.75 Å². The number of nitrogens with zero attached hydrogens (tertiary/aromatic N) is 1. The number of hydrogen-bond acceptors (Lipinski definition) is 7. The van der Waals surface area contributed by atoms with Crippen LogP contribution in [-0.4, -0.2) is 46.7 Å². The van der Waals surface area contributed by atoms with E-state index in [2.05, 4.69) is 10.3 Å². The van der Waals surface area contributed by atoms with Crippen LogP contribution in [-0.2, 0) is 30.3 Å². The van der Waals surface area contributed by atoms with Crippen LogP contribution in [0.3, 0.4) is 0 Å². The summed E-state index contributed by atoms with van der Waals surface area (Å²) in [4.78, 5) is 40.2. The summed E-state index contributed by atoms with van der Waals surface area (Å²) in [7, 11) is 0. The molecule has 0 aliphatic carbocycles. The Labute approximate surface area is 133 Å². The van der Waals surface area contributed by atoms with Crippen molar-refractivity contribution in [2.75, 3.05) is 13.2 Å². The number of hydrogen-bond donors (Lipinski definition) is 2. The normalized spacial score (nSPS) is 10.7. The number of aromatic nitrogens is 1. The molecule has 0 atom stereocenters. The van der Waals surface area contributed by atoms with Gasteiger partial charge in [-0.3, -0.25) is 9.78 Å². The molecular formula is C15H20N2O6. The van der Waals surface area contributed by atoms with Gasteiger partial charge in [-0.2, -0.15) is 0 Å². The average molecular weight is 324 g/mol. The van der Waals surface area contributed by atoms with Crippen molar-refractivity contribution in [3.05, 3.63) is 24.0 Å². The Bertz CT molecular complexity index is 552. The number of carbonyl (C=O) groups excluding carboxylic acids is 3. The Balaban J connectivity index is 3.28. The van der Waals surface area contributed by atoms with Gasteiger partial charge in [0.15, 0.2) is 0 Å². The second-order valence-electron chi connectivity index (χ2n) is 4.71. The smallest absolute Gasteiger partial charge is 0.344 e. The average Bonchev–Trinajstić information content (AvgIpc) is 2.48. The molecule has 126 valence electrons. The zero-order valence-electron chi connectivity index (χ0n) is 13.3. The topological polar surface area (TPSA) is 115 Å². The first kappa shape index (κ1) is 18.4. The summed E-state index contributed by atoms with van der Waals surface area (Å²) >= 11 is 0. The molecule has 0 saturated carbocycles. The Morgan fingerprint density at radius 1 is 1.17 bits per heavy atom. The number of esters is 2. The molecule has 2 N–H and O–H groups in total. The van der Waals surface area contributed by atoms with E-state index in [1.165, 1.54) is 25.3 Å². The van der Waals surface area contributed by atoms with E-state index in [0.29, 0.717) is 5.69 Å². The third-order valence-electron chi connectivity index (χ3n) is 2.89. The first-order valence-corrected chi connectivity index (χ1v) is 7.12. The molecule has 8 heteroatoms. The van der Waals surface area contributed by atoms with Crippen molar-refractivity contribution in [3.63, 3.8) is 0 Å². The summed E-state index contributed by atoms with van der Waals surface area (Å²) in [6, 6.07) is 2.79.